The van der Waals surface area contributed by atoms with Crippen molar-refractivity contribution in [1.29, 1.82) is 0 Å². The predicted octanol–water partition coefficient (Wildman–Crippen LogP) is 0.900. The van der Waals surface area contributed by atoms with E-state index in [4.69, 9.17) is 0 Å². The first kappa shape index (κ1) is 16.2. The number of hydrogen-bond donors (Lipinski definition) is 2. The Labute approximate surface area is 116 Å². The topological polar surface area (TPSA) is 78.5 Å². The second-order valence-corrected chi connectivity index (χ2v) is 7.57. The van der Waals surface area contributed by atoms with Gasteiger partial charge < -0.3 is 10.2 Å². The fraction of sp³-hybridized carbons (Fsp3) is 0.917. The zero-order valence-corrected chi connectivity index (χ0v) is 12.8. The number of amides is 2. The Kier molecular flexibility index (Phi) is 5.61. The smallest absolute Gasteiger partial charge is 0.317 e. The van der Waals surface area contributed by atoms with E-state index in [0.717, 1.165) is 32.2 Å². The molecule has 0 aliphatic carbocycles. The Hall–Kier alpha value is -0.820. The Morgan fingerprint density at radius 2 is 1.68 bits per heavy atom. The van der Waals surface area contributed by atoms with Crippen molar-refractivity contribution >= 4 is 16.1 Å². The molecule has 0 aromatic heterocycles. The van der Waals surface area contributed by atoms with Crippen molar-refractivity contribution in [2.24, 2.45) is 0 Å². The van der Waals surface area contributed by atoms with Crippen LogP contribution in [0.25, 0.3) is 0 Å². The number of sulfonamides is 1. The molecular weight excluding hydrogens is 266 g/mol. The molecule has 0 bridgehead atoms. The molecular formula is C12H25N3O3S. The summed E-state index contributed by atoms with van der Waals surface area (Å²) in [4.78, 5) is 13.8. The molecule has 0 aromatic carbocycles. The van der Waals surface area contributed by atoms with E-state index >= 15 is 0 Å². The number of carbonyl (C=O) groups excluding carboxylic acids is 1. The van der Waals surface area contributed by atoms with Gasteiger partial charge in [0.2, 0.25) is 10.0 Å². The van der Waals surface area contributed by atoms with E-state index in [0.29, 0.717) is 0 Å². The van der Waals surface area contributed by atoms with E-state index < -0.39 is 15.6 Å². The minimum atomic E-state index is -3.28. The molecule has 0 saturated carbocycles. The lowest BCUT2D eigenvalue weighted by Gasteiger charge is -2.28. The molecule has 1 heterocycles. The Bertz CT molecular complexity index is 398. The second kappa shape index (κ2) is 6.56. The fourth-order valence-electron chi connectivity index (χ4n) is 2.22. The average molecular weight is 291 g/mol. The lowest BCUT2D eigenvalue weighted by atomic mass is 10.1. The van der Waals surface area contributed by atoms with Crippen LogP contribution in [0, 0.1) is 0 Å². The molecule has 0 aromatic rings. The predicted molar refractivity (Wildman–Crippen MR) is 75.5 cm³/mol. The summed E-state index contributed by atoms with van der Waals surface area (Å²) in [5, 5.41) is 2.80. The molecule has 1 aliphatic rings. The fourth-order valence-corrected chi connectivity index (χ4v) is 3.30. The Morgan fingerprint density at radius 1 is 1.16 bits per heavy atom. The van der Waals surface area contributed by atoms with Gasteiger partial charge in [0.1, 0.15) is 0 Å². The van der Waals surface area contributed by atoms with Gasteiger partial charge in [-0.3, -0.25) is 0 Å². The normalized spacial score (nSPS) is 17.9. The second-order valence-electron chi connectivity index (χ2n) is 5.82. The van der Waals surface area contributed by atoms with Gasteiger partial charge in [-0.1, -0.05) is 12.8 Å². The first-order valence-electron chi connectivity index (χ1n) is 6.71. The minimum Gasteiger partial charge on any atom is -0.336 e. The molecule has 1 saturated heterocycles. The molecule has 2 N–H and O–H groups in total. The number of likely N-dealkylation sites (tertiary alicyclic amines) is 1. The Morgan fingerprint density at radius 3 is 2.16 bits per heavy atom. The number of nitrogens with zero attached hydrogens (tertiary/aromatic N) is 1. The van der Waals surface area contributed by atoms with Crippen molar-refractivity contribution in [2.75, 3.05) is 25.9 Å². The molecule has 1 rings (SSSR count). The van der Waals surface area contributed by atoms with Crippen LogP contribution >= 0.6 is 0 Å². The molecule has 19 heavy (non-hydrogen) atoms. The van der Waals surface area contributed by atoms with Crippen LogP contribution in [0.4, 0.5) is 4.79 Å². The van der Waals surface area contributed by atoms with E-state index in [1.165, 1.54) is 12.8 Å². The number of urea groups is 1. The van der Waals surface area contributed by atoms with Gasteiger partial charge >= 0.3 is 6.03 Å². The molecule has 1 fully saturated rings. The number of nitrogens with one attached hydrogen (secondary N) is 2. The van der Waals surface area contributed by atoms with Gasteiger partial charge in [-0.2, -0.15) is 0 Å². The van der Waals surface area contributed by atoms with Crippen molar-refractivity contribution < 1.29 is 13.2 Å². The summed E-state index contributed by atoms with van der Waals surface area (Å²) in [7, 11) is -3.28. The third-order valence-electron chi connectivity index (χ3n) is 3.04. The van der Waals surface area contributed by atoms with Crippen LogP contribution in [-0.4, -0.2) is 50.8 Å². The monoisotopic (exact) mass is 291 g/mol. The maximum atomic E-state index is 12.0. The van der Waals surface area contributed by atoms with E-state index in [1.807, 2.05) is 4.90 Å². The van der Waals surface area contributed by atoms with Gasteiger partial charge in [0, 0.05) is 25.2 Å². The zero-order chi connectivity index (χ0) is 14.5. The van der Waals surface area contributed by atoms with Crippen LogP contribution in [0.15, 0.2) is 0 Å². The van der Waals surface area contributed by atoms with Crippen molar-refractivity contribution in [3.63, 3.8) is 0 Å². The van der Waals surface area contributed by atoms with Gasteiger partial charge in [-0.05, 0) is 26.7 Å². The van der Waals surface area contributed by atoms with Crippen LogP contribution in [0.2, 0.25) is 0 Å². The minimum absolute atomic E-state index is 0.106. The summed E-state index contributed by atoms with van der Waals surface area (Å²) in [6, 6.07) is -0.106. The van der Waals surface area contributed by atoms with E-state index in [9.17, 15) is 13.2 Å². The first-order valence-corrected chi connectivity index (χ1v) is 8.60. The summed E-state index contributed by atoms with van der Waals surface area (Å²) < 4.78 is 24.9. The number of rotatable bonds is 4. The van der Waals surface area contributed by atoms with E-state index in [2.05, 4.69) is 10.0 Å². The molecule has 1 aliphatic heterocycles. The average Bonchev–Trinajstić information content (AvgIpc) is 2.51. The summed E-state index contributed by atoms with van der Waals surface area (Å²) >= 11 is 0. The standard InChI is InChI=1S/C12H25N3O3S/c1-12(2,14-19(3,17)18)10-13-11(16)15-8-6-4-5-7-9-15/h14H,4-10H2,1-3H3,(H,13,16). The molecule has 6 nitrogen and oxygen atoms in total. The zero-order valence-electron chi connectivity index (χ0n) is 12.0. The van der Waals surface area contributed by atoms with E-state index in [-0.39, 0.29) is 12.6 Å². The first-order chi connectivity index (χ1) is 8.70. The largest absolute Gasteiger partial charge is 0.336 e. The maximum Gasteiger partial charge on any atom is 0.317 e. The summed E-state index contributed by atoms with van der Waals surface area (Å²) in [5.41, 5.74) is -0.685. The van der Waals surface area contributed by atoms with Crippen molar-refractivity contribution in [2.45, 2.75) is 45.1 Å². The SMILES string of the molecule is CC(C)(CNC(=O)N1CCCCCC1)NS(C)(=O)=O. The summed E-state index contributed by atoms with van der Waals surface area (Å²) in [6.07, 6.45) is 5.54. The molecule has 2 amide bonds. The molecule has 7 heteroatoms. The van der Waals surface area contributed by atoms with Crippen molar-refractivity contribution in [1.82, 2.24) is 14.9 Å². The molecule has 0 unspecified atom stereocenters. The van der Waals surface area contributed by atoms with Gasteiger partial charge in [0.15, 0.2) is 0 Å². The number of hydrogen-bond acceptors (Lipinski definition) is 3. The van der Waals surface area contributed by atoms with Crippen molar-refractivity contribution in [3.8, 4) is 0 Å². The van der Waals surface area contributed by atoms with Gasteiger partial charge in [-0.15, -0.1) is 0 Å². The third-order valence-corrected chi connectivity index (χ3v) is 3.96. The highest BCUT2D eigenvalue weighted by molar-refractivity contribution is 7.88. The molecule has 0 radical (unpaired) electrons. The lowest BCUT2D eigenvalue weighted by Crippen LogP contribution is -2.53. The van der Waals surface area contributed by atoms with Crippen LogP contribution < -0.4 is 10.0 Å². The lowest BCUT2D eigenvalue weighted by molar-refractivity contribution is 0.197. The highest BCUT2D eigenvalue weighted by Crippen LogP contribution is 2.10. The molecule has 0 spiro atoms. The van der Waals surface area contributed by atoms with Crippen LogP contribution in [0.1, 0.15) is 39.5 Å². The maximum absolute atomic E-state index is 12.0. The van der Waals surface area contributed by atoms with Crippen LogP contribution in [-0.2, 0) is 10.0 Å². The van der Waals surface area contributed by atoms with Crippen LogP contribution in [0.5, 0.6) is 0 Å². The number of carbonyl (C=O) groups is 1. The van der Waals surface area contributed by atoms with E-state index in [1.54, 1.807) is 13.8 Å². The van der Waals surface area contributed by atoms with Gasteiger partial charge in [0.05, 0.1) is 6.26 Å². The van der Waals surface area contributed by atoms with Crippen LogP contribution in [0.3, 0.4) is 0 Å². The quantitative estimate of drug-likeness (QED) is 0.808. The third kappa shape index (κ3) is 6.77. The highest BCUT2D eigenvalue weighted by Gasteiger charge is 2.24. The summed E-state index contributed by atoms with van der Waals surface area (Å²) in [6.45, 7) is 5.33. The van der Waals surface area contributed by atoms with Gasteiger partial charge in [-0.25, -0.2) is 17.9 Å². The van der Waals surface area contributed by atoms with Gasteiger partial charge in [0.25, 0.3) is 0 Å². The molecule has 0 atom stereocenters. The highest BCUT2D eigenvalue weighted by atomic mass is 32.2. The summed E-state index contributed by atoms with van der Waals surface area (Å²) in [5.74, 6) is 0. The molecule has 112 valence electrons. The Balaban J connectivity index is 2.44. The van der Waals surface area contributed by atoms with Crippen molar-refractivity contribution in [3.05, 3.63) is 0 Å².